The summed E-state index contributed by atoms with van der Waals surface area (Å²) in [5.74, 6) is -0.457. The van der Waals surface area contributed by atoms with Crippen LogP contribution in [0.1, 0.15) is 40.4 Å². The molecule has 1 fully saturated rings. The van der Waals surface area contributed by atoms with Crippen molar-refractivity contribution in [1.82, 2.24) is 15.1 Å². The third-order valence-corrected chi connectivity index (χ3v) is 5.99. The third kappa shape index (κ3) is 4.42. The second-order valence-corrected chi connectivity index (χ2v) is 7.75. The van der Waals surface area contributed by atoms with Gasteiger partial charge in [-0.1, -0.05) is 24.3 Å². The zero-order chi connectivity index (χ0) is 19.3. The Kier molecular flexibility index (Phi) is 6.03. The molecular weight excluding hydrogens is 353 g/mol. The van der Waals surface area contributed by atoms with E-state index < -0.39 is 0 Å². The van der Waals surface area contributed by atoms with Crippen LogP contribution in [0.2, 0.25) is 0 Å². The molecule has 0 aromatic heterocycles. The van der Waals surface area contributed by atoms with Gasteiger partial charge in [0.15, 0.2) is 0 Å². The number of nitrogens with zero attached hydrogens (tertiary/aromatic N) is 2. The maximum absolute atomic E-state index is 12.9. The van der Waals surface area contributed by atoms with Crippen LogP contribution in [0, 0.1) is 5.82 Å². The Morgan fingerprint density at radius 1 is 1.04 bits per heavy atom. The molecule has 0 bridgehead atoms. The molecule has 0 radical (unpaired) electrons. The highest BCUT2D eigenvalue weighted by atomic mass is 19.1. The molecule has 1 atom stereocenters. The number of benzene rings is 2. The average molecular weight is 381 g/mol. The summed E-state index contributed by atoms with van der Waals surface area (Å²) in [5.41, 5.74) is 3.55. The van der Waals surface area contributed by atoms with Gasteiger partial charge >= 0.3 is 0 Å². The Hall–Kier alpha value is -2.24. The van der Waals surface area contributed by atoms with Crippen molar-refractivity contribution in [2.75, 3.05) is 39.3 Å². The van der Waals surface area contributed by atoms with Gasteiger partial charge in [-0.25, -0.2) is 4.39 Å². The maximum Gasteiger partial charge on any atom is 0.251 e. The van der Waals surface area contributed by atoms with E-state index in [1.165, 1.54) is 48.2 Å². The van der Waals surface area contributed by atoms with Crippen LogP contribution in [0.3, 0.4) is 0 Å². The number of nitrogens with one attached hydrogen (secondary N) is 1. The molecule has 2 aliphatic rings. The summed E-state index contributed by atoms with van der Waals surface area (Å²) in [5, 5.41) is 2.92. The molecule has 1 saturated heterocycles. The van der Waals surface area contributed by atoms with Crippen LogP contribution in [0.4, 0.5) is 4.39 Å². The molecule has 1 unspecified atom stereocenters. The number of piperazine rings is 1. The largest absolute Gasteiger partial charge is 0.352 e. The van der Waals surface area contributed by atoms with E-state index in [0.717, 1.165) is 39.1 Å². The maximum atomic E-state index is 12.9. The van der Waals surface area contributed by atoms with Crippen molar-refractivity contribution in [2.24, 2.45) is 0 Å². The Morgan fingerprint density at radius 3 is 2.57 bits per heavy atom. The summed E-state index contributed by atoms with van der Waals surface area (Å²) in [4.78, 5) is 17.2. The zero-order valence-electron chi connectivity index (χ0n) is 16.2. The molecule has 4 nitrogen and oxygen atoms in total. The number of hydrogen-bond donors (Lipinski definition) is 1. The predicted octanol–water partition coefficient (Wildman–Crippen LogP) is 3.25. The molecule has 1 aliphatic carbocycles. The number of carbonyl (C=O) groups excluding carboxylic acids is 1. The van der Waals surface area contributed by atoms with Crippen LogP contribution in [0.15, 0.2) is 48.5 Å². The standard InChI is InChI=1S/C23H28FN3O/c24-20-9-6-19(7-10-20)23(28)25-12-3-13-26-14-16-27(17-15-26)22-11-8-18-4-1-2-5-21(18)22/h1-2,4-7,9-10,22H,3,8,11-17H2,(H,25,28). The lowest BCUT2D eigenvalue weighted by atomic mass is 10.1. The smallest absolute Gasteiger partial charge is 0.251 e. The first-order valence-corrected chi connectivity index (χ1v) is 10.3. The van der Waals surface area contributed by atoms with Crippen molar-refractivity contribution < 1.29 is 9.18 Å². The quantitative estimate of drug-likeness (QED) is 0.781. The van der Waals surface area contributed by atoms with Gasteiger partial charge in [0, 0.05) is 44.3 Å². The van der Waals surface area contributed by atoms with Gasteiger partial charge in [-0.3, -0.25) is 9.69 Å². The molecule has 2 aromatic rings. The minimum Gasteiger partial charge on any atom is -0.352 e. The summed E-state index contributed by atoms with van der Waals surface area (Å²) in [6.07, 6.45) is 3.38. The van der Waals surface area contributed by atoms with Crippen molar-refractivity contribution in [3.8, 4) is 0 Å². The fourth-order valence-corrected chi connectivity index (χ4v) is 4.42. The second kappa shape index (κ2) is 8.84. The number of hydrogen-bond acceptors (Lipinski definition) is 3. The lowest BCUT2D eigenvalue weighted by Gasteiger charge is -2.38. The number of aryl methyl sites for hydroxylation is 1. The minimum atomic E-state index is -0.322. The SMILES string of the molecule is O=C(NCCCN1CCN(C2CCc3ccccc32)CC1)c1ccc(F)cc1. The van der Waals surface area contributed by atoms with Crippen LogP contribution in [-0.2, 0) is 6.42 Å². The molecule has 28 heavy (non-hydrogen) atoms. The Labute approximate surface area is 166 Å². The molecule has 5 heteroatoms. The van der Waals surface area contributed by atoms with E-state index in [4.69, 9.17) is 0 Å². The highest BCUT2D eigenvalue weighted by Gasteiger charge is 2.29. The summed E-state index contributed by atoms with van der Waals surface area (Å²) < 4.78 is 12.9. The van der Waals surface area contributed by atoms with E-state index in [1.54, 1.807) is 0 Å². The van der Waals surface area contributed by atoms with Crippen LogP contribution >= 0.6 is 0 Å². The van der Waals surface area contributed by atoms with Crippen LogP contribution in [-0.4, -0.2) is 55.0 Å². The molecule has 1 N–H and O–H groups in total. The van der Waals surface area contributed by atoms with Crippen molar-refractivity contribution in [1.29, 1.82) is 0 Å². The molecule has 148 valence electrons. The monoisotopic (exact) mass is 381 g/mol. The Balaban J connectivity index is 1.16. The van der Waals surface area contributed by atoms with E-state index in [0.29, 0.717) is 18.2 Å². The predicted molar refractivity (Wildman–Crippen MR) is 109 cm³/mol. The van der Waals surface area contributed by atoms with Gasteiger partial charge in [0.25, 0.3) is 5.91 Å². The molecule has 4 rings (SSSR count). The number of fused-ring (bicyclic) bond motifs is 1. The first-order chi connectivity index (χ1) is 13.7. The topological polar surface area (TPSA) is 35.6 Å². The average Bonchev–Trinajstić information content (AvgIpc) is 3.16. The number of carbonyl (C=O) groups is 1. The fourth-order valence-electron chi connectivity index (χ4n) is 4.42. The Bertz CT molecular complexity index is 800. The van der Waals surface area contributed by atoms with Gasteiger partial charge in [-0.05, 0) is 61.2 Å². The van der Waals surface area contributed by atoms with E-state index >= 15 is 0 Å². The highest BCUT2D eigenvalue weighted by Crippen LogP contribution is 2.35. The van der Waals surface area contributed by atoms with Crippen LogP contribution in [0.5, 0.6) is 0 Å². The molecule has 2 aromatic carbocycles. The van der Waals surface area contributed by atoms with Crippen molar-refractivity contribution in [3.63, 3.8) is 0 Å². The third-order valence-electron chi connectivity index (χ3n) is 5.99. The molecule has 0 spiro atoms. The summed E-state index contributed by atoms with van der Waals surface area (Å²) in [6, 6.07) is 15.1. The fraction of sp³-hybridized carbons (Fsp3) is 0.435. The zero-order valence-corrected chi connectivity index (χ0v) is 16.2. The van der Waals surface area contributed by atoms with Crippen LogP contribution < -0.4 is 5.32 Å². The van der Waals surface area contributed by atoms with Gasteiger partial charge in [-0.15, -0.1) is 0 Å². The second-order valence-electron chi connectivity index (χ2n) is 7.75. The molecular formula is C23H28FN3O. The minimum absolute atomic E-state index is 0.135. The number of amides is 1. The van der Waals surface area contributed by atoms with E-state index in [1.807, 2.05) is 0 Å². The van der Waals surface area contributed by atoms with Gasteiger partial charge in [0.2, 0.25) is 0 Å². The number of halogens is 1. The van der Waals surface area contributed by atoms with Gasteiger partial charge in [0.1, 0.15) is 5.82 Å². The van der Waals surface area contributed by atoms with Crippen molar-refractivity contribution >= 4 is 5.91 Å². The first kappa shape index (κ1) is 19.1. The van der Waals surface area contributed by atoms with Crippen molar-refractivity contribution in [2.45, 2.75) is 25.3 Å². The van der Waals surface area contributed by atoms with Gasteiger partial charge in [-0.2, -0.15) is 0 Å². The first-order valence-electron chi connectivity index (χ1n) is 10.3. The highest BCUT2D eigenvalue weighted by molar-refractivity contribution is 5.94. The normalized spacial score (nSPS) is 20.1. The number of rotatable bonds is 6. The lowest BCUT2D eigenvalue weighted by Crippen LogP contribution is -2.47. The lowest BCUT2D eigenvalue weighted by molar-refractivity contribution is 0.0914. The van der Waals surface area contributed by atoms with Crippen LogP contribution in [0.25, 0.3) is 0 Å². The van der Waals surface area contributed by atoms with Gasteiger partial charge < -0.3 is 10.2 Å². The Morgan fingerprint density at radius 2 is 1.79 bits per heavy atom. The van der Waals surface area contributed by atoms with E-state index in [9.17, 15) is 9.18 Å². The summed E-state index contributed by atoms with van der Waals surface area (Å²) in [6.45, 7) is 6.04. The van der Waals surface area contributed by atoms with E-state index in [-0.39, 0.29) is 11.7 Å². The van der Waals surface area contributed by atoms with Crippen molar-refractivity contribution in [3.05, 3.63) is 71.0 Å². The molecule has 0 saturated carbocycles. The molecule has 1 aliphatic heterocycles. The summed E-state index contributed by atoms with van der Waals surface area (Å²) >= 11 is 0. The molecule has 1 amide bonds. The summed E-state index contributed by atoms with van der Waals surface area (Å²) in [7, 11) is 0. The van der Waals surface area contributed by atoms with E-state index in [2.05, 4.69) is 39.4 Å². The molecule has 1 heterocycles. The van der Waals surface area contributed by atoms with Gasteiger partial charge in [0.05, 0.1) is 0 Å².